The van der Waals surface area contributed by atoms with Gasteiger partial charge in [0.05, 0.1) is 10.5 Å². The Bertz CT molecular complexity index is 762. The van der Waals surface area contributed by atoms with Gasteiger partial charge >= 0.3 is 5.97 Å². The minimum Gasteiger partial charge on any atom is -0.452 e. The van der Waals surface area contributed by atoms with Gasteiger partial charge in [0.2, 0.25) is 0 Å². The molecule has 0 fully saturated rings. The van der Waals surface area contributed by atoms with Crippen molar-refractivity contribution >= 4 is 23.3 Å². The molecule has 0 unspecified atom stereocenters. The molecular weight excluding hydrogens is 314 g/mol. The molecular formula is C16H15N3O5. The molecule has 0 saturated carbocycles. The van der Waals surface area contributed by atoms with Crippen LogP contribution in [0.25, 0.3) is 0 Å². The molecule has 0 spiro atoms. The number of carbonyl (C=O) groups is 2. The SMILES string of the molecule is Nc1ccc(C(=O)OCC(=O)NCc2ccccc2)cc1[N+](=O)[O-]. The Balaban J connectivity index is 1.87. The van der Waals surface area contributed by atoms with Crippen LogP contribution in [0.2, 0.25) is 0 Å². The third kappa shape index (κ3) is 4.54. The molecule has 0 aliphatic heterocycles. The van der Waals surface area contributed by atoms with E-state index in [-0.39, 0.29) is 11.3 Å². The van der Waals surface area contributed by atoms with Gasteiger partial charge in [0.25, 0.3) is 11.6 Å². The average Bonchev–Trinajstić information content (AvgIpc) is 2.59. The van der Waals surface area contributed by atoms with Crippen LogP contribution in [0.15, 0.2) is 48.5 Å². The van der Waals surface area contributed by atoms with Gasteiger partial charge in [-0.2, -0.15) is 0 Å². The van der Waals surface area contributed by atoms with Gasteiger partial charge in [-0.05, 0) is 17.7 Å². The van der Waals surface area contributed by atoms with Crippen molar-refractivity contribution in [3.8, 4) is 0 Å². The highest BCUT2D eigenvalue weighted by molar-refractivity contribution is 5.92. The predicted molar refractivity (Wildman–Crippen MR) is 86.1 cm³/mol. The van der Waals surface area contributed by atoms with E-state index in [1.54, 1.807) is 0 Å². The molecule has 8 heteroatoms. The van der Waals surface area contributed by atoms with Crippen LogP contribution in [0.1, 0.15) is 15.9 Å². The monoisotopic (exact) mass is 329 g/mol. The lowest BCUT2D eigenvalue weighted by atomic mass is 10.2. The Morgan fingerprint density at radius 3 is 2.54 bits per heavy atom. The first-order valence-corrected chi connectivity index (χ1v) is 6.99. The summed E-state index contributed by atoms with van der Waals surface area (Å²) in [6.45, 7) is -0.172. The quantitative estimate of drug-likeness (QED) is 0.359. The number of nitrogen functional groups attached to an aromatic ring is 1. The second-order valence-corrected chi connectivity index (χ2v) is 4.87. The first-order chi connectivity index (χ1) is 11.5. The molecule has 0 atom stereocenters. The summed E-state index contributed by atoms with van der Waals surface area (Å²) >= 11 is 0. The van der Waals surface area contributed by atoms with E-state index < -0.39 is 29.1 Å². The summed E-state index contributed by atoms with van der Waals surface area (Å²) < 4.78 is 4.84. The third-order valence-electron chi connectivity index (χ3n) is 3.13. The van der Waals surface area contributed by atoms with Gasteiger partial charge in [0.15, 0.2) is 6.61 Å². The second kappa shape index (κ2) is 7.73. The molecule has 2 rings (SSSR count). The van der Waals surface area contributed by atoms with E-state index in [2.05, 4.69) is 5.32 Å². The first kappa shape index (κ1) is 16.9. The van der Waals surface area contributed by atoms with Crippen LogP contribution in [-0.4, -0.2) is 23.4 Å². The van der Waals surface area contributed by atoms with Gasteiger partial charge in [-0.25, -0.2) is 4.79 Å². The number of amides is 1. The molecule has 0 aliphatic carbocycles. The lowest BCUT2D eigenvalue weighted by molar-refractivity contribution is -0.383. The normalized spacial score (nSPS) is 10.0. The van der Waals surface area contributed by atoms with Gasteiger partial charge in [-0.1, -0.05) is 30.3 Å². The van der Waals surface area contributed by atoms with Crippen molar-refractivity contribution in [3.63, 3.8) is 0 Å². The maximum Gasteiger partial charge on any atom is 0.338 e. The number of rotatable bonds is 6. The molecule has 3 N–H and O–H groups in total. The minimum atomic E-state index is -0.840. The van der Waals surface area contributed by atoms with Gasteiger partial charge in [-0.15, -0.1) is 0 Å². The number of anilines is 1. The highest BCUT2D eigenvalue weighted by Crippen LogP contribution is 2.22. The summed E-state index contributed by atoms with van der Waals surface area (Å²) in [6.07, 6.45) is 0. The fraction of sp³-hybridized carbons (Fsp3) is 0.125. The van der Waals surface area contributed by atoms with Crippen molar-refractivity contribution < 1.29 is 19.2 Å². The lowest BCUT2D eigenvalue weighted by Gasteiger charge is -2.07. The van der Waals surface area contributed by atoms with Crippen LogP contribution in [0, 0.1) is 10.1 Å². The van der Waals surface area contributed by atoms with E-state index in [4.69, 9.17) is 10.5 Å². The zero-order valence-electron chi connectivity index (χ0n) is 12.6. The van der Waals surface area contributed by atoms with Crippen LogP contribution in [-0.2, 0) is 16.1 Å². The van der Waals surface area contributed by atoms with E-state index >= 15 is 0 Å². The van der Waals surface area contributed by atoms with Crippen LogP contribution < -0.4 is 11.1 Å². The van der Waals surface area contributed by atoms with E-state index in [1.165, 1.54) is 12.1 Å². The summed E-state index contributed by atoms with van der Waals surface area (Å²) in [4.78, 5) is 33.6. The average molecular weight is 329 g/mol. The number of hydrogen-bond acceptors (Lipinski definition) is 6. The van der Waals surface area contributed by atoms with Crippen molar-refractivity contribution in [3.05, 3.63) is 69.8 Å². The molecule has 8 nitrogen and oxygen atoms in total. The number of nitro groups is 1. The van der Waals surface area contributed by atoms with E-state index in [0.29, 0.717) is 6.54 Å². The molecule has 0 radical (unpaired) electrons. The van der Waals surface area contributed by atoms with E-state index in [0.717, 1.165) is 11.6 Å². The smallest absolute Gasteiger partial charge is 0.338 e. The van der Waals surface area contributed by atoms with E-state index in [1.807, 2.05) is 30.3 Å². The summed E-state index contributed by atoms with van der Waals surface area (Å²) in [6, 6.07) is 12.8. The molecule has 124 valence electrons. The fourth-order valence-electron chi connectivity index (χ4n) is 1.89. The van der Waals surface area contributed by atoms with Gasteiger partial charge in [0.1, 0.15) is 5.69 Å². The number of nitrogens with one attached hydrogen (secondary N) is 1. The Morgan fingerprint density at radius 1 is 1.17 bits per heavy atom. The summed E-state index contributed by atoms with van der Waals surface area (Å²) in [5, 5.41) is 13.4. The summed E-state index contributed by atoms with van der Waals surface area (Å²) in [7, 11) is 0. The number of nitrogens with zero attached hydrogens (tertiary/aromatic N) is 1. The van der Waals surface area contributed by atoms with Gasteiger partial charge < -0.3 is 15.8 Å². The van der Waals surface area contributed by atoms with Crippen LogP contribution in [0.5, 0.6) is 0 Å². The number of nitro benzene ring substituents is 1. The van der Waals surface area contributed by atoms with Crippen LogP contribution >= 0.6 is 0 Å². The standard InChI is InChI=1S/C16H15N3O5/c17-13-7-6-12(8-14(13)19(22)23)16(21)24-10-15(20)18-9-11-4-2-1-3-5-11/h1-8H,9-10,17H2,(H,18,20). The minimum absolute atomic E-state index is 0.0493. The molecule has 0 saturated heterocycles. The Kier molecular flexibility index (Phi) is 5.45. The third-order valence-corrected chi connectivity index (χ3v) is 3.13. The fourth-order valence-corrected chi connectivity index (χ4v) is 1.89. The van der Waals surface area contributed by atoms with Crippen molar-refractivity contribution in [2.24, 2.45) is 0 Å². The number of hydrogen-bond donors (Lipinski definition) is 2. The Hall–Kier alpha value is -3.42. The van der Waals surface area contributed by atoms with Crippen molar-refractivity contribution in [1.29, 1.82) is 0 Å². The number of ether oxygens (including phenoxy) is 1. The van der Waals surface area contributed by atoms with Crippen molar-refractivity contribution in [2.75, 3.05) is 12.3 Å². The topological polar surface area (TPSA) is 125 Å². The predicted octanol–water partition coefficient (Wildman–Crippen LogP) is 1.65. The molecule has 0 bridgehead atoms. The summed E-state index contributed by atoms with van der Waals surface area (Å²) in [5.74, 6) is -1.31. The maximum absolute atomic E-state index is 11.8. The molecule has 2 aromatic rings. The maximum atomic E-state index is 11.8. The molecule has 24 heavy (non-hydrogen) atoms. The van der Waals surface area contributed by atoms with Crippen molar-refractivity contribution in [1.82, 2.24) is 5.32 Å². The first-order valence-electron chi connectivity index (χ1n) is 6.99. The largest absolute Gasteiger partial charge is 0.452 e. The zero-order valence-corrected chi connectivity index (χ0v) is 12.6. The van der Waals surface area contributed by atoms with Crippen LogP contribution in [0.3, 0.4) is 0 Å². The zero-order chi connectivity index (χ0) is 17.5. The molecule has 0 aliphatic rings. The highest BCUT2D eigenvalue weighted by atomic mass is 16.6. The molecule has 0 aromatic heterocycles. The summed E-state index contributed by atoms with van der Waals surface area (Å²) in [5.41, 5.74) is 5.86. The number of carbonyl (C=O) groups excluding carboxylic acids is 2. The lowest BCUT2D eigenvalue weighted by Crippen LogP contribution is -2.28. The van der Waals surface area contributed by atoms with Gasteiger partial charge in [-0.3, -0.25) is 14.9 Å². The highest BCUT2D eigenvalue weighted by Gasteiger charge is 2.17. The van der Waals surface area contributed by atoms with Crippen LogP contribution in [0.4, 0.5) is 11.4 Å². The number of nitrogens with two attached hydrogens (primary N) is 1. The number of benzene rings is 2. The van der Waals surface area contributed by atoms with E-state index in [9.17, 15) is 19.7 Å². The Morgan fingerprint density at radius 2 is 1.88 bits per heavy atom. The van der Waals surface area contributed by atoms with Gasteiger partial charge in [0, 0.05) is 12.6 Å². The van der Waals surface area contributed by atoms with Crippen molar-refractivity contribution in [2.45, 2.75) is 6.54 Å². The molecule has 1 amide bonds. The molecule has 2 aromatic carbocycles. The molecule has 0 heterocycles. The second-order valence-electron chi connectivity index (χ2n) is 4.87. The Labute approximate surface area is 137 Å². The number of esters is 1.